The molecule has 0 aliphatic heterocycles. The fourth-order valence-electron chi connectivity index (χ4n) is 2.72. The minimum Gasteiger partial charge on any atom is -0.489 e. The van der Waals surface area contributed by atoms with Crippen molar-refractivity contribution in [2.75, 3.05) is 11.9 Å². The van der Waals surface area contributed by atoms with Crippen LogP contribution in [0.15, 0.2) is 60.9 Å². The maximum Gasteiger partial charge on any atom is 0.270 e. The molecule has 0 aliphatic carbocycles. The number of hydrogen-bond acceptors (Lipinski definition) is 5. The maximum absolute atomic E-state index is 13.7. The summed E-state index contributed by atoms with van der Waals surface area (Å²) >= 11 is 0. The molecule has 0 atom stereocenters. The lowest BCUT2D eigenvalue weighted by Crippen LogP contribution is -2.26. The van der Waals surface area contributed by atoms with Crippen molar-refractivity contribution in [3.05, 3.63) is 78.0 Å². The number of carbonyl (C=O) groups excluding carboxylic acids is 1. The van der Waals surface area contributed by atoms with E-state index in [1.54, 1.807) is 24.3 Å². The Hall–Kier alpha value is -3.48. The highest BCUT2D eigenvalue weighted by molar-refractivity contribution is 5.93. The van der Waals surface area contributed by atoms with Gasteiger partial charge in [-0.3, -0.25) is 4.79 Å². The number of aromatic nitrogens is 2. The lowest BCUT2D eigenvalue weighted by molar-refractivity contribution is 0.0949. The van der Waals surface area contributed by atoms with E-state index in [2.05, 4.69) is 20.6 Å². The highest BCUT2D eigenvalue weighted by atomic mass is 19.1. The van der Waals surface area contributed by atoms with Gasteiger partial charge in [-0.15, -0.1) is 0 Å². The van der Waals surface area contributed by atoms with Crippen LogP contribution < -0.4 is 15.4 Å². The number of nitrogens with zero attached hydrogens (tertiary/aromatic N) is 2. The standard InChI is InChI=1S/C22H23FN4O2/c1-15(2)29-20-10-6-5-9-18(20)27-21-13-19(25-14-26-21)22(28)24-12-11-16-7-3-4-8-17(16)23/h3-10,13-15H,11-12H2,1-2H3,(H,24,28)(H,25,26,27). The van der Waals surface area contributed by atoms with Gasteiger partial charge in [0.1, 0.15) is 29.4 Å². The quantitative estimate of drug-likeness (QED) is 0.601. The van der Waals surface area contributed by atoms with Gasteiger partial charge in [0, 0.05) is 12.6 Å². The zero-order valence-corrected chi connectivity index (χ0v) is 16.4. The van der Waals surface area contributed by atoms with Crippen LogP contribution in [0, 0.1) is 5.82 Å². The van der Waals surface area contributed by atoms with Crippen LogP contribution in [0.5, 0.6) is 5.75 Å². The van der Waals surface area contributed by atoms with E-state index in [0.717, 1.165) is 5.69 Å². The highest BCUT2D eigenvalue weighted by Gasteiger charge is 2.11. The summed E-state index contributed by atoms with van der Waals surface area (Å²) in [4.78, 5) is 20.6. The Morgan fingerprint density at radius 3 is 2.66 bits per heavy atom. The van der Waals surface area contributed by atoms with Gasteiger partial charge in [0.05, 0.1) is 11.8 Å². The third kappa shape index (κ3) is 5.75. The van der Waals surface area contributed by atoms with Crippen LogP contribution in [0.3, 0.4) is 0 Å². The summed E-state index contributed by atoms with van der Waals surface area (Å²) in [6.07, 6.45) is 1.74. The molecule has 0 saturated heterocycles. The summed E-state index contributed by atoms with van der Waals surface area (Å²) in [6, 6.07) is 15.6. The molecule has 1 heterocycles. The summed E-state index contributed by atoms with van der Waals surface area (Å²) in [5, 5.41) is 5.91. The average molecular weight is 394 g/mol. The zero-order chi connectivity index (χ0) is 20.6. The lowest BCUT2D eigenvalue weighted by atomic mass is 10.1. The van der Waals surface area contributed by atoms with Crippen molar-refractivity contribution in [1.82, 2.24) is 15.3 Å². The number of rotatable bonds is 8. The number of carbonyl (C=O) groups is 1. The molecule has 6 nitrogen and oxygen atoms in total. The number of nitrogens with one attached hydrogen (secondary N) is 2. The van der Waals surface area contributed by atoms with E-state index in [0.29, 0.717) is 30.1 Å². The van der Waals surface area contributed by atoms with Crippen molar-refractivity contribution < 1.29 is 13.9 Å². The molecule has 2 N–H and O–H groups in total. The normalized spacial score (nSPS) is 10.6. The van der Waals surface area contributed by atoms with Gasteiger partial charge in [0.2, 0.25) is 0 Å². The minimum absolute atomic E-state index is 0.0270. The third-order valence-electron chi connectivity index (χ3n) is 4.05. The van der Waals surface area contributed by atoms with E-state index in [4.69, 9.17) is 4.74 Å². The second-order valence-corrected chi connectivity index (χ2v) is 6.67. The SMILES string of the molecule is CC(C)Oc1ccccc1Nc1cc(C(=O)NCCc2ccccc2F)ncn1. The van der Waals surface area contributed by atoms with Crippen molar-refractivity contribution in [3.63, 3.8) is 0 Å². The number of halogens is 1. The molecule has 0 unspecified atom stereocenters. The number of hydrogen-bond donors (Lipinski definition) is 2. The molecule has 0 saturated carbocycles. The highest BCUT2D eigenvalue weighted by Crippen LogP contribution is 2.27. The summed E-state index contributed by atoms with van der Waals surface area (Å²) in [7, 11) is 0. The van der Waals surface area contributed by atoms with Crippen LogP contribution >= 0.6 is 0 Å². The van der Waals surface area contributed by atoms with Crippen molar-refractivity contribution in [3.8, 4) is 5.75 Å². The summed E-state index contributed by atoms with van der Waals surface area (Å²) in [5.41, 5.74) is 1.52. The average Bonchev–Trinajstić information content (AvgIpc) is 2.71. The fourth-order valence-corrected chi connectivity index (χ4v) is 2.72. The van der Waals surface area contributed by atoms with Gasteiger partial charge in [0.15, 0.2) is 0 Å². The smallest absolute Gasteiger partial charge is 0.270 e. The van der Waals surface area contributed by atoms with Crippen molar-refractivity contribution in [1.29, 1.82) is 0 Å². The van der Waals surface area contributed by atoms with Crippen LogP contribution in [0.2, 0.25) is 0 Å². The van der Waals surface area contributed by atoms with Gasteiger partial charge in [-0.2, -0.15) is 0 Å². The van der Waals surface area contributed by atoms with Crippen molar-refractivity contribution in [2.24, 2.45) is 0 Å². The molecule has 0 aliphatic rings. The monoisotopic (exact) mass is 394 g/mol. The van der Waals surface area contributed by atoms with Gasteiger partial charge < -0.3 is 15.4 Å². The Labute approximate surface area is 169 Å². The van der Waals surface area contributed by atoms with Crippen LogP contribution in [0.1, 0.15) is 29.9 Å². The maximum atomic E-state index is 13.7. The predicted octanol–water partition coefficient (Wildman–Crippen LogP) is 4.12. The van der Waals surface area contributed by atoms with Gasteiger partial charge in [-0.05, 0) is 44.0 Å². The van der Waals surface area contributed by atoms with Crippen molar-refractivity contribution >= 4 is 17.4 Å². The van der Waals surface area contributed by atoms with Crippen molar-refractivity contribution in [2.45, 2.75) is 26.4 Å². The summed E-state index contributed by atoms with van der Waals surface area (Å²) < 4.78 is 19.4. The van der Waals surface area contributed by atoms with Gasteiger partial charge in [-0.1, -0.05) is 30.3 Å². The van der Waals surface area contributed by atoms with Gasteiger partial charge in [-0.25, -0.2) is 14.4 Å². The van der Waals surface area contributed by atoms with E-state index in [9.17, 15) is 9.18 Å². The topological polar surface area (TPSA) is 76.1 Å². The first-order valence-electron chi connectivity index (χ1n) is 9.39. The molecule has 3 rings (SSSR count). The van der Waals surface area contributed by atoms with E-state index < -0.39 is 0 Å². The number of anilines is 2. The zero-order valence-electron chi connectivity index (χ0n) is 16.4. The van der Waals surface area contributed by atoms with Crippen LogP contribution in [0.4, 0.5) is 15.9 Å². The number of para-hydroxylation sites is 2. The fraction of sp³-hybridized carbons (Fsp3) is 0.227. The van der Waals surface area contributed by atoms with E-state index in [1.165, 1.54) is 12.4 Å². The van der Waals surface area contributed by atoms with E-state index in [-0.39, 0.29) is 23.5 Å². The number of ether oxygens (including phenoxy) is 1. The van der Waals surface area contributed by atoms with Crippen LogP contribution in [-0.2, 0) is 6.42 Å². The first kappa shape index (κ1) is 20.3. The molecule has 0 fully saturated rings. The third-order valence-corrected chi connectivity index (χ3v) is 4.05. The Bertz CT molecular complexity index is 978. The molecule has 0 bridgehead atoms. The molecule has 7 heteroatoms. The Morgan fingerprint density at radius 2 is 1.86 bits per heavy atom. The molecule has 1 aromatic heterocycles. The molecule has 1 amide bonds. The lowest BCUT2D eigenvalue weighted by Gasteiger charge is -2.15. The molecular weight excluding hydrogens is 371 g/mol. The second-order valence-electron chi connectivity index (χ2n) is 6.67. The number of benzene rings is 2. The van der Waals surface area contributed by atoms with Crippen LogP contribution in [-0.4, -0.2) is 28.5 Å². The molecular formula is C22H23FN4O2. The van der Waals surface area contributed by atoms with Gasteiger partial charge in [0.25, 0.3) is 5.91 Å². The second kappa shape index (κ2) is 9.64. The van der Waals surface area contributed by atoms with Gasteiger partial charge >= 0.3 is 0 Å². The molecule has 150 valence electrons. The Morgan fingerprint density at radius 1 is 1.10 bits per heavy atom. The summed E-state index contributed by atoms with van der Waals surface area (Å²) in [6.45, 7) is 4.20. The van der Waals surface area contributed by atoms with E-state index in [1.807, 2.05) is 38.1 Å². The first-order chi connectivity index (χ1) is 14.0. The largest absolute Gasteiger partial charge is 0.489 e. The molecule has 0 radical (unpaired) electrons. The number of amides is 1. The summed E-state index contributed by atoms with van der Waals surface area (Å²) in [5.74, 6) is 0.534. The molecule has 29 heavy (non-hydrogen) atoms. The first-order valence-corrected chi connectivity index (χ1v) is 9.39. The molecule has 0 spiro atoms. The predicted molar refractivity (Wildman–Crippen MR) is 110 cm³/mol. The Kier molecular flexibility index (Phi) is 6.73. The molecule has 3 aromatic rings. The Balaban J connectivity index is 1.63. The minimum atomic E-state index is -0.349. The van der Waals surface area contributed by atoms with Crippen LogP contribution in [0.25, 0.3) is 0 Å². The molecule has 2 aromatic carbocycles. The van der Waals surface area contributed by atoms with E-state index >= 15 is 0 Å².